The summed E-state index contributed by atoms with van der Waals surface area (Å²) in [4.78, 5) is 14.9. The molecule has 2 atom stereocenters. The third-order valence-corrected chi connectivity index (χ3v) is 4.88. The lowest BCUT2D eigenvalue weighted by molar-refractivity contribution is 0.0619. The fraction of sp³-hybridized carbons (Fsp3) is 0.611. The highest BCUT2D eigenvalue weighted by Gasteiger charge is 2.31. The van der Waals surface area contributed by atoms with Crippen LogP contribution in [0.4, 0.5) is 0 Å². The van der Waals surface area contributed by atoms with Gasteiger partial charge in [0.15, 0.2) is 0 Å². The van der Waals surface area contributed by atoms with Crippen LogP contribution in [-0.2, 0) is 0 Å². The van der Waals surface area contributed by atoms with E-state index in [1.807, 2.05) is 25.8 Å². The molecule has 3 nitrogen and oxygen atoms in total. The Morgan fingerprint density at radius 3 is 2.33 bits per heavy atom. The van der Waals surface area contributed by atoms with Crippen molar-refractivity contribution < 1.29 is 4.79 Å². The van der Waals surface area contributed by atoms with Gasteiger partial charge < -0.3 is 10.6 Å². The van der Waals surface area contributed by atoms with Crippen LogP contribution in [0.1, 0.15) is 52.7 Å². The molecule has 1 aliphatic rings. The summed E-state index contributed by atoms with van der Waals surface area (Å²) in [6.45, 7) is 6.81. The fourth-order valence-corrected chi connectivity index (χ4v) is 3.82. The van der Waals surface area contributed by atoms with Crippen LogP contribution in [0.25, 0.3) is 0 Å². The van der Waals surface area contributed by atoms with Crippen LogP contribution < -0.4 is 5.73 Å². The van der Waals surface area contributed by atoms with Gasteiger partial charge in [-0.1, -0.05) is 30.5 Å². The topological polar surface area (TPSA) is 46.3 Å². The normalized spacial score (nSPS) is 22.1. The van der Waals surface area contributed by atoms with Crippen LogP contribution in [0.2, 0.25) is 0 Å². The molecule has 1 amide bonds. The zero-order valence-electron chi connectivity index (χ0n) is 13.8. The van der Waals surface area contributed by atoms with E-state index in [9.17, 15) is 4.79 Å². The number of amides is 1. The van der Waals surface area contributed by atoms with Crippen molar-refractivity contribution in [3.63, 3.8) is 0 Å². The second-order valence-electron chi connectivity index (χ2n) is 6.54. The summed E-state index contributed by atoms with van der Waals surface area (Å²) < 4.78 is 0. The zero-order chi connectivity index (χ0) is 15.6. The van der Waals surface area contributed by atoms with Gasteiger partial charge in [-0.15, -0.1) is 0 Å². The molecule has 0 radical (unpaired) electrons. The molecule has 0 saturated heterocycles. The van der Waals surface area contributed by atoms with Crippen LogP contribution in [0, 0.1) is 26.7 Å². The average molecular weight is 288 g/mol. The van der Waals surface area contributed by atoms with Gasteiger partial charge in [0.1, 0.15) is 0 Å². The first-order chi connectivity index (χ1) is 9.95. The molecule has 116 valence electrons. The summed E-state index contributed by atoms with van der Waals surface area (Å²) in [5, 5.41) is 0. The molecule has 1 aliphatic carbocycles. The van der Waals surface area contributed by atoms with Crippen molar-refractivity contribution in [2.75, 3.05) is 13.6 Å². The lowest BCUT2D eigenvalue weighted by Gasteiger charge is -2.38. The summed E-state index contributed by atoms with van der Waals surface area (Å²) >= 11 is 0. The number of rotatable bonds is 3. The maximum Gasteiger partial charge on any atom is 0.254 e. The van der Waals surface area contributed by atoms with Crippen molar-refractivity contribution in [3.8, 4) is 0 Å². The van der Waals surface area contributed by atoms with Gasteiger partial charge in [0.25, 0.3) is 5.91 Å². The number of benzene rings is 1. The maximum atomic E-state index is 12.9. The molecule has 2 rings (SSSR count). The quantitative estimate of drug-likeness (QED) is 0.928. The molecule has 2 N–H and O–H groups in total. The van der Waals surface area contributed by atoms with Gasteiger partial charge in [0, 0.05) is 18.7 Å². The van der Waals surface area contributed by atoms with Crippen molar-refractivity contribution in [1.29, 1.82) is 0 Å². The largest absolute Gasteiger partial charge is 0.338 e. The maximum absolute atomic E-state index is 12.9. The molecule has 1 fully saturated rings. The number of carbonyl (C=O) groups is 1. The van der Waals surface area contributed by atoms with Gasteiger partial charge in [0.05, 0.1) is 0 Å². The summed E-state index contributed by atoms with van der Waals surface area (Å²) in [5.74, 6) is 0.592. The van der Waals surface area contributed by atoms with Crippen LogP contribution in [0.15, 0.2) is 12.1 Å². The number of aryl methyl sites for hydroxylation is 3. The fourth-order valence-electron chi connectivity index (χ4n) is 3.82. The highest BCUT2D eigenvalue weighted by Crippen LogP contribution is 2.29. The summed E-state index contributed by atoms with van der Waals surface area (Å²) in [5.41, 5.74) is 10.1. The van der Waals surface area contributed by atoms with E-state index in [2.05, 4.69) is 19.1 Å². The molecule has 0 aliphatic heterocycles. The van der Waals surface area contributed by atoms with E-state index in [1.165, 1.54) is 18.4 Å². The Balaban J connectivity index is 2.27. The van der Waals surface area contributed by atoms with E-state index in [4.69, 9.17) is 5.73 Å². The van der Waals surface area contributed by atoms with Gasteiger partial charge in [0.2, 0.25) is 0 Å². The first-order valence-electron chi connectivity index (χ1n) is 8.00. The minimum atomic E-state index is 0.148. The predicted octanol–water partition coefficient (Wildman–Crippen LogP) is 3.20. The van der Waals surface area contributed by atoms with Crippen LogP contribution >= 0.6 is 0 Å². The van der Waals surface area contributed by atoms with E-state index in [-0.39, 0.29) is 11.9 Å². The highest BCUT2D eigenvalue weighted by molar-refractivity contribution is 5.97. The van der Waals surface area contributed by atoms with E-state index >= 15 is 0 Å². The lowest BCUT2D eigenvalue weighted by atomic mass is 9.83. The number of hydrogen-bond acceptors (Lipinski definition) is 2. The van der Waals surface area contributed by atoms with E-state index in [0.717, 1.165) is 29.5 Å². The molecule has 2 unspecified atom stereocenters. The van der Waals surface area contributed by atoms with Gasteiger partial charge >= 0.3 is 0 Å². The van der Waals surface area contributed by atoms with Crippen molar-refractivity contribution in [2.45, 2.75) is 52.5 Å². The SMILES string of the molecule is Cc1cc(C)c(C(=O)N(C)C2CCCCC2CN)c(C)c1. The van der Waals surface area contributed by atoms with Crippen molar-refractivity contribution >= 4 is 5.91 Å². The Kier molecular flexibility index (Phi) is 5.04. The smallest absolute Gasteiger partial charge is 0.254 e. The van der Waals surface area contributed by atoms with E-state index in [0.29, 0.717) is 12.5 Å². The first-order valence-corrected chi connectivity index (χ1v) is 8.00. The minimum Gasteiger partial charge on any atom is -0.338 e. The third kappa shape index (κ3) is 3.29. The van der Waals surface area contributed by atoms with Gasteiger partial charge in [-0.25, -0.2) is 0 Å². The Morgan fingerprint density at radius 2 is 1.76 bits per heavy atom. The van der Waals surface area contributed by atoms with Gasteiger partial charge in [-0.05, 0) is 57.2 Å². The van der Waals surface area contributed by atoms with Crippen molar-refractivity contribution in [1.82, 2.24) is 4.90 Å². The third-order valence-electron chi connectivity index (χ3n) is 4.88. The molecule has 1 saturated carbocycles. The molecular formula is C18H28N2O. The van der Waals surface area contributed by atoms with Crippen LogP contribution in [0.3, 0.4) is 0 Å². The summed E-state index contributed by atoms with van der Waals surface area (Å²) in [7, 11) is 1.94. The minimum absolute atomic E-state index is 0.148. The van der Waals surface area contributed by atoms with Crippen molar-refractivity contribution in [2.24, 2.45) is 11.7 Å². The van der Waals surface area contributed by atoms with E-state index in [1.54, 1.807) is 0 Å². The Bertz CT molecular complexity index is 501. The molecule has 1 aromatic carbocycles. The van der Waals surface area contributed by atoms with E-state index < -0.39 is 0 Å². The Morgan fingerprint density at radius 1 is 1.19 bits per heavy atom. The highest BCUT2D eigenvalue weighted by atomic mass is 16.2. The summed E-state index contributed by atoms with van der Waals surface area (Å²) in [6.07, 6.45) is 4.66. The second kappa shape index (κ2) is 6.61. The summed E-state index contributed by atoms with van der Waals surface area (Å²) in [6, 6.07) is 4.47. The molecule has 0 spiro atoms. The first kappa shape index (κ1) is 16.0. The molecule has 1 aromatic rings. The molecule has 0 aromatic heterocycles. The average Bonchev–Trinajstić information content (AvgIpc) is 2.45. The van der Waals surface area contributed by atoms with Crippen LogP contribution in [0.5, 0.6) is 0 Å². The van der Waals surface area contributed by atoms with Gasteiger partial charge in [-0.3, -0.25) is 4.79 Å². The predicted molar refractivity (Wildman–Crippen MR) is 87.5 cm³/mol. The monoisotopic (exact) mass is 288 g/mol. The second-order valence-corrected chi connectivity index (χ2v) is 6.54. The lowest BCUT2D eigenvalue weighted by Crippen LogP contribution is -2.46. The number of nitrogens with zero attached hydrogens (tertiary/aromatic N) is 1. The number of carbonyl (C=O) groups excluding carboxylic acids is 1. The van der Waals surface area contributed by atoms with Gasteiger partial charge in [-0.2, -0.15) is 0 Å². The molecule has 21 heavy (non-hydrogen) atoms. The molecular weight excluding hydrogens is 260 g/mol. The number of nitrogens with two attached hydrogens (primary N) is 1. The zero-order valence-corrected chi connectivity index (χ0v) is 13.8. The molecule has 0 bridgehead atoms. The van der Waals surface area contributed by atoms with Crippen LogP contribution in [-0.4, -0.2) is 30.4 Å². The van der Waals surface area contributed by atoms with Crippen molar-refractivity contribution in [3.05, 3.63) is 34.4 Å². The molecule has 3 heteroatoms. The molecule has 0 heterocycles. The standard InChI is InChI=1S/C18H28N2O/c1-12-9-13(2)17(14(3)10-12)18(21)20(4)16-8-6-5-7-15(16)11-19/h9-10,15-16H,5-8,11,19H2,1-4H3. The Labute approximate surface area is 128 Å². The number of hydrogen-bond donors (Lipinski definition) is 1. The Hall–Kier alpha value is -1.35.